The molecule has 0 spiro atoms. The first-order valence-electron chi connectivity index (χ1n) is 6.23. The van der Waals surface area contributed by atoms with Crippen molar-refractivity contribution in [3.63, 3.8) is 0 Å². The quantitative estimate of drug-likeness (QED) is 0.692. The lowest BCUT2D eigenvalue weighted by atomic mass is 10.2. The Morgan fingerprint density at radius 3 is 2.43 bits per heavy atom. The SMILES string of the molecule is COC(=O)c1ccc(N=Cc2ccc(OC)c(O)c2)cc1. The lowest BCUT2D eigenvalue weighted by molar-refractivity contribution is 0.0601. The Hall–Kier alpha value is -2.82. The van der Waals surface area contributed by atoms with Gasteiger partial charge in [-0.1, -0.05) is 0 Å². The number of benzene rings is 2. The van der Waals surface area contributed by atoms with Crippen molar-refractivity contribution >= 4 is 17.9 Å². The molecule has 2 aromatic carbocycles. The molecule has 2 rings (SSSR count). The molecular weight excluding hydrogens is 270 g/mol. The van der Waals surface area contributed by atoms with Gasteiger partial charge < -0.3 is 14.6 Å². The third kappa shape index (κ3) is 3.60. The molecule has 0 aliphatic rings. The van der Waals surface area contributed by atoms with Crippen molar-refractivity contribution in [1.29, 1.82) is 0 Å². The van der Waals surface area contributed by atoms with Gasteiger partial charge in [-0.2, -0.15) is 0 Å². The number of carbonyl (C=O) groups excluding carboxylic acids is 1. The lowest BCUT2D eigenvalue weighted by Crippen LogP contribution is -1.99. The number of nitrogens with zero attached hydrogens (tertiary/aromatic N) is 1. The van der Waals surface area contributed by atoms with Gasteiger partial charge in [-0.25, -0.2) is 4.79 Å². The third-order valence-corrected chi connectivity index (χ3v) is 2.85. The monoisotopic (exact) mass is 285 g/mol. The molecule has 0 aliphatic carbocycles. The molecule has 5 nitrogen and oxygen atoms in total. The Morgan fingerprint density at radius 2 is 1.86 bits per heavy atom. The summed E-state index contributed by atoms with van der Waals surface area (Å²) in [6.45, 7) is 0. The zero-order valence-electron chi connectivity index (χ0n) is 11.7. The smallest absolute Gasteiger partial charge is 0.337 e. The Morgan fingerprint density at radius 1 is 1.14 bits per heavy atom. The van der Waals surface area contributed by atoms with E-state index in [1.165, 1.54) is 14.2 Å². The molecule has 21 heavy (non-hydrogen) atoms. The van der Waals surface area contributed by atoms with E-state index in [0.717, 1.165) is 5.56 Å². The van der Waals surface area contributed by atoms with Crippen molar-refractivity contribution in [3.8, 4) is 11.5 Å². The molecule has 0 atom stereocenters. The molecule has 0 fully saturated rings. The van der Waals surface area contributed by atoms with Crippen LogP contribution in [0.3, 0.4) is 0 Å². The normalized spacial score (nSPS) is 10.6. The molecule has 0 aliphatic heterocycles. The molecule has 108 valence electrons. The number of phenolic OH excluding ortho intramolecular Hbond substituents is 1. The second kappa shape index (κ2) is 6.56. The van der Waals surface area contributed by atoms with Gasteiger partial charge in [-0.05, 0) is 48.0 Å². The zero-order chi connectivity index (χ0) is 15.2. The first kappa shape index (κ1) is 14.6. The van der Waals surface area contributed by atoms with Crippen LogP contribution in [-0.2, 0) is 4.74 Å². The number of esters is 1. The maximum Gasteiger partial charge on any atom is 0.337 e. The van der Waals surface area contributed by atoms with Gasteiger partial charge in [-0.3, -0.25) is 4.99 Å². The van der Waals surface area contributed by atoms with E-state index < -0.39 is 0 Å². The number of carbonyl (C=O) groups is 1. The topological polar surface area (TPSA) is 68.1 Å². The second-order valence-corrected chi connectivity index (χ2v) is 4.23. The number of hydrogen-bond donors (Lipinski definition) is 1. The molecule has 2 aromatic rings. The summed E-state index contributed by atoms with van der Waals surface area (Å²) in [4.78, 5) is 15.6. The van der Waals surface area contributed by atoms with Crippen molar-refractivity contribution in [2.45, 2.75) is 0 Å². The van der Waals surface area contributed by atoms with Crippen LogP contribution in [0.1, 0.15) is 15.9 Å². The average molecular weight is 285 g/mol. The van der Waals surface area contributed by atoms with Gasteiger partial charge in [0.2, 0.25) is 0 Å². The van der Waals surface area contributed by atoms with Crippen LogP contribution in [0.5, 0.6) is 11.5 Å². The third-order valence-electron chi connectivity index (χ3n) is 2.85. The van der Waals surface area contributed by atoms with Crippen LogP contribution >= 0.6 is 0 Å². The fourth-order valence-corrected chi connectivity index (χ4v) is 1.74. The highest BCUT2D eigenvalue weighted by Crippen LogP contribution is 2.25. The molecule has 0 unspecified atom stereocenters. The van der Waals surface area contributed by atoms with E-state index in [1.54, 1.807) is 48.7 Å². The number of phenols is 1. The average Bonchev–Trinajstić information content (AvgIpc) is 2.52. The zero-order valence-corrected chi connectivity index (χ0v) is 11.7. The van der Waals surface area contributed by atoms with Gasteiger partial charge in [0, 0.05) is 6.21 Å². The van der Waals surface area contributed by atoms with Gasteiger partial charge in [0.05, 0.1) is 25.5 Å². The molecule has 0 heterocycles. The maximum atomic E-state index is 11.3. The summed E-state index contributed by atoms with van der Waals surface area (Å²) in [7, 11) is 2.83. The van der Waals surface area contributed by atoms with E-state index in [2.05, 4.69) is 9.73 Å². The molecule has 1 N–H and O–H groups in total. The molecule has 0 radical (unpaired) electrons. The number of methoxy groups -OCH3 is 2. The predicted molar refractivity (Wildman–Crippen MR) is 79.7 cm³/mol. The fraction of sp³-hybridized carbons (Fsp3) is 0.125. The summed E-state index contributed by atoms with van der Waals surface area (Å²) >= 11 is 0. The summed E-state index contributed by atoms with van der Waals surface area (Å²) in [5.74, 6) is 0.0858. The largest absolute Gasteiger partial charge is 0.504 e. The van der Waals surface area contributed by atoms with Crippen molar-refractivity contribution in [2.24, 2.45) is 4.99 Å². The minimum atomic E-state index is -0.384. The maximum absolute atomic E-state index is 11.3. The van der Waals surface area contributed by atoms with Crippen LogP contribution < -0.4 is 4.74 Å². The molecule has 0 amide bonds. The van der Waals surface area contributed by atoms with Crippen molar-refractivity contribution in [3.05, 3.63) is 53.6 Å². The van der Waals surface area contributed by atoms with Crippen LogP contribution in [0.15, 0.2) is 47.5 Å². The Bertz CT molecular complexity index is 662. The van der Waals surface area contributed by atoms with Crippen LogP contribution in [0, 0.1) is 0 Å². The van der Waals surface area contributed by atoms with Crippen molar-refractivity contribution in [2.75, 3.05) is 14.2 Å². The lowest BCUT2D eigenvalue weighted by Gasteiger charge is -2.03. The van der Waals surface area contributed by atoms with Gasteiger partial charge in [0.25, 0.3) is 0 Å². The fourth-order valence-electron chi connectivity index (χ4n) is 1.74. The molecule has 0 saturated carbocycles. The van der Waals surface area contributed by atoms with Crippen molar-refractivity contribution in [1.82, 2.24) is 0 Å². The van der Waals surface area contributed by atoms with Crippen molar-refractivity contribution < 1.29 is 19.4 Å². The van der Waals surface area contributed by atoms with Gasteiger partial charge in [0.15, 0.2) is 11.5 Å². The summed E-state index contributed by atoms with van der Waals surface area (Å²) in [6.07, 6.45) is 1.62. The highest BCUT2D eigenvalue weighted by molar-refractivity contribution is 5.90. The summed E-state index contributed by atoms with van der Waals surface area (Å²) < 4.78 is 9.59. The molecular formula is C16H15NO4. The van der Waals surface area contributed by atoms with E-state index in [4.69, 9.17) is 4.74 Å². The Labute approximate surface area is 122 Å². The molecule has 0 bridgehead atoms. The number of aromatic hydroxyl groups is 1. The van der Waals surface area contributed by atoms with Crippen LogP contribution in [0.2, 0.25) is 0 Å². The van der Waals surface area contributed by atoms with E-state index in [0.29, 0.717) is 17.0 Å². The minimum absolute atomic E-state index is 0.0579. The highest BCUT2D eigenvalue weighted by atomic mass is 16.5. The van der Waals surface area contributed by atoms with E-state index in [-0.39, 0.29) is 11.7 Å². The first-order valence-corrected chi connectivity index (χ1v) is 6.23. The number of ether oxygens (including phenoxy) is 2. The summed E-state index contributed by atoms with van der Waals surface area (Å²) in [6, 6.07) is 11.7. The summed E-state index contributed by atoms with van der Waals surface area (Å²) in [5, 5.41) is 9.68. The molecule has 0 aromatic heterocycles. The van der Waals surface area contributed by atoms with Gasteiger partial charge in [0.1, 0.15) is 0 Å². The van der Waals surface area contributed by atoms with Crippen LogP contribution in [0.25, 0.3) is 0 Å². The second-order valence-electron chi connectivity index (χ2n) is 4.23. The van der Waals surface area contributed by atoms with E-state index in [9.17, 15) is 9.90 Å². The Balaban J connectivity index is 2.14. The predicted octanol–water partition coefficient (Wildman–Crippen LogP) is 2.94. The van der Waals surface area contributed by atoms with Crippen LogP contribution in [-0.4, -0.2) is 31.5 Å². The van der Waals surface area contributed by atoms with Crippen LogP contribution in [0.4, 0.5) is 5.69 Å². The highest BCUT2D eigenvalue weighted by Gasteiger charge is 2.04. The van der Waals surface area contributed by atoms with Gasteiger partial charge >= 0.3 is 5.97 Å². The number of rotatable bonds is 4. The first-order chi connectivity index (χ1) is 10.1. The van der Waals surface area contributed by atoms with E-state index >= 15 is 0 Å². The minimum Gasteiger partial charge on any atom is -0.504 e. The Kier molecular flexibility index (Phi) is 4.56. The molecule has 5 heteroatoms. The summed E-state index contributed by atoms with van der Waals surface area (Å²) in [5.41, 5.74) is 1.90. The van der Waals surface area contributed by atoms with E-state index in [1.807, 2.05) is 0 Å². The molecule has 0 saturated heterocycles. The van der Waals surface area contributed by atoms with Gasteiger partial charge in [-0.15, -0.1) is 0 Å². The standard InChI is InChI=1S/C16H15NO4/c1-20-15-8-3-11(9-14(15)18)10-17-13-6-4-12(5-7-13)16(19)21-2/h3-10,18H,1-2H3. The number of aliphatic imine (C=N–C) groups is 1. The number of hydrogen-bond acceptors (Lipinski definition) is 5.